The van der Waals surface area contributed by atoms with Crippen LogP contribution in [-0.2, 0) is 11.3 Å². The number of pyridine rings is 1. The van der Waals surface area contributed by atoms with Gasteiger partial charge in [-0.05, 0) is 105 Å². The fourth-order valence-corrected chi connectivity index (χ4v) is 9.93. The highest BCUT2D eigenvalue weighted by Gasteiger charge is 2.63. The third-order valence-electron chi connectivity index (χ3n) is 11.8. The molecule has 4 aliphatic rings. The minimum Gasteiger partial charge on any atom is -0.390 e. The van der Waals surface area contributed by atoms with Gasteiger partial charge >= 0.3 is 0 Å². The van der Waals surface area contributed by atoms with Gasteiger partial charge in [-0.2, -0.15) is 5.10 Å². The van der Waals surface area contributed by atoms with Gasteiger partial charge in [-0.1, -0.05) is 27.2 Å². The molecule has 2 heterocycles. The average Bonchev–Trinajstić information content (AvgIpc) is 3.37. The molecule has 0 aromatic carbocycles. The van der Waals surface area contributed by atoms with E-state index >= 15 is 0 Å². The molecule has 35 heavy (non-hydrogen) atoms. The van der Waals surface area contributed by atoms with Crippen LogP contribution in [0.15, 0.2) is 24.7 Å². The van der Waals surface area contributed by atoms with Crippen LogP contribution in [0.2, 0.25) is 0 Å². The highest BCUT2D eigenvalue weighted by Crippen LogP contribution is 2.69. The third-order valence-corrected chi connectivity index (χ3v) is 11.8. The SMILES string of the molecule is CCC1CC2[C@@H]3CC[C@H]4C[C@](C)(O)CC[C@]4(C)[C@H]3CC[C@]2(C)C1C(=O)Cn1ncc2ccncc21. The number of ketones is 1. The van der Waals surface area contributed by atoms with Crippen molar-refractivity contribution in [3.05, 3.63) is 24.7 Å². The highest BCUT2D eigenvalue weighted by molar-refractivity contribution is 5.85. The van der Waals surface area contributed by atoms with Crippen LogP contribution in [0, 0.1) is 46.3 Å². The molecular weight excluding hydrogens is 434 g/mol. The number of carbonyl (C=O) groups is 1. The molecule has 0 bridgehead atoms. The van der Waals surface area contributed by atoms with E-state index in [4.69, 9.17) is 0 Å². The van der Waals surface area contributed by atoms with Gasteiger partial charge in [0.15, 0.2) is 5.78 Å². The minimum atomic E-state index is -0.482. The Balaban J connectivity index is 1.27. The molecule has 4 aliphatic carbocycles. The summed E-state index contributed by atoms with van der Waals surface area (Å²) < 4.78 is 1.87. The molecule has 4 saturated carbocycles. The van der Waals surface area contributed by atoms with E-state index < -0.39 is 5.60 Å². The first kappa shape index (κ1) is 23.6. The van der Waals surface area contributed by atoms with Crippen molar-refractivity contribution in [1.29, 1.82) is 0 Å². The summed E-state index contributed by atoms with van der Waals surface area (Å²) in [6.45, 7) is 9.72. The van der Waals surface area contributed by atoms with Crippen molar-refractivity contribution in [1.82, 2.24) is 14.8 Å². The number of hydrogen-bond acceptors (Lipinski definition) is 4. The van der Waals surface area contributed by atoms with Gasteiger partial charge in [0.2, 0.25) is 0 Å². The van der Waals surface area contributed by atoms with Gasteiger partial charge < -0.3 is 5.11 Å². The van der Waals surface area contributed by atoms with Crippen LogP contribution in [0.4, 0.5) is 0 Å². The molecule has 4 fully saturated rings. The summed E-state index contributed by atoms with van der Waals surface area (Å²) in [7, 11) is 0. The van der Waals surface area contributed by atoms with Gasteiger partial charge in [-0.3, -0.25) is 14.5 Å². The van der Waals surface area contributed by atoms with E-state index in [1.807, 2.05) is 23.1 Å². The Bertz CT molecular complexity index is 1120. The maximum atomic E-state index is 14.0. The standard InChI is InChI=1S/C30H43N3O2/c1-5-19-14-24-22-7-6-21-15-28(2,35)11-12-29(21,3)23(22)8-10-30(24,4)27(19)26(34)18-33-25-17-31-13-9-20(25)16-32-33/h9,13,16-17,19,21-24,27,35H,5-8,10-12,14-15,18H2,1-4H3/t19?,21-,22+,23-,24?,27?,28+,29-,30-/m0/s1. The number of nitrogens with zero attached hydrogens (tertiary/aromatic N) is 3. The van der Waals surface area contributed by atoms with Crippen LogP contribution in [-0.4, -0.2) is 31.3 Å². The lowest BCUT2D eigenvalue weighted by atomic mass is 9.44. The lowest BCUT2D eigenvalue weighted by molar-refractivity contribution is -0.151. The molecular formula is C30H43N3O2. The van der Waals surface area contributed by atoms with E-state index in [1.165, 1.54) is 32.1 Å². The van der Waals surface area contributed by atoms with Gasteiger partial charge in [-0.15, -0.1) is 0 Å². The molecule has 0 radical (unpaired) electrons. The fraction of sp³-hybridized carbons (Fsp3) is 0.767. The first-order valence-electron chi connectivity index (χ1n) is 14.2. The van der Waals surface area contributed by atoms with Crippen LogP contribution < -0.4 is 0 Å². The number of Topliss-reactive ketones (excluding diaryl/α,β-unsaturated/α-hetero) is 1. The summed E-state index contributed by atoms with van der Waals surface area (Å²) in [5.41, 5.74) is 0.933. The second-order valence-corrected chi connectivity index (χ2v) is 13.5. The number of rotatable bonds is 4. The van der Waals surface area contributed by atoms with Gasteiger partial charge in [-0.25, -0.2) is 0 Å². The van der Waals surface area contributed by atoms with Crippen molar-refractivity contribution in [3.8, 4) is 0 Å². The Morgan fingerprint density at radius 1 is 1.09 bits per heavy atom. The average molecular weight is 478 g/mol. The van der Waals surface area contributed by atoms with Gasteiger partial charge in [0, 0.05) is 17.5 Å². The summed E-state index contributed by atoms with van der Waals surface area (Å²) >= 11 is 0. The van der Waals surface area contributed by atoms with E-state index in [0.717, 1.165) is 48.4 Å². The smallest absolute Gasteiger partial charge is 0.158 e. The van der Waals surface area contributed by atoms with Crippen LogP contribution in [0.25, 0.3) is 10.9 Å². The summed E-state index contributed by atoms with van der Waals surface area (Å²) in [4.78, 5) is 18.3. The lowest BCUT2D eigenvalue weighted by Gasteiger charge is -2.61. The van der Waals surface area contributed by atoms with E-state index in [0.29, 0.717) is 35.5 Å². The second-order valence-electron chi connectivity index (χ2n) is 13.5. The predicted octanol–water partition coefficient (Wildman–Crippen LogP) is 6.05. The summed E-state index contributed by atoms with van der Waals surface area (Å²) in [6, 6.07) is 1.97. The highest BCUT2D eigenvalue weighted by atomic mass is 16.3. The van der Waals surface area contributed by atoms with Crippen LogP contribution >= 0.6 is 0 Å². The van der Waals surface area contributed by atoms with Crippen molar-refractivity contribution in [2.24, 2.45) is 46.3 Å². The number of aromatic nitrogens is 3. The molecule has 190 valence electrons. The Morgan fingerprint density at radius 3 is 2.71 bits per heavy atom. The van der Waals surface area contributed by atoms with Gasteiger partial charge in [0.25, 0.3) is 0 Å². The Kier molecular flexibility index (Phi) is 5.49. The maximum Gasteiger partial charge on any atom is 0.158 e. The van der Waals surface area contributed by atoms with E-state index in [9.17, 15) is 9.90 Å². The van der Waals surface area contributed by atoms with Crippen molar-refractivity contribution in [3.63, 3.8) is 0 Å². The molecule has 6 rings (SSSR count). The molecule has 3 unspecified atom stereocenters. The van der Waals surface area contributed by atoms with Crippen molar-refractivity contribution in [2.45, 2.75) is 97.6 Å². The molecule has 9 atom stereocenters. The molecule has 5 nitrogen and oxygen atoms in total. The van der Waals surface area contributed by atoms with Crippen molar-refractivity contribution in [2.75, 3.05) is 0 Å². The van der Waals surface area contributed by atoms with E-state index in [1.54, 1.807) is 6.20 Å². The van der Waals surface area contributed by atoms with Crippen LogP contribution in [0.5, 0.6) is 0 Å². The number of hydrogen-bond donors (Lipinski definition) is 1. The van der Waals surface area contributed by atoms with E-state index in [2.05, 4.69) is 37.8 Å². The fourth-order valence-electron chi connectivity index (χ4n) is 9.93. The third kappa shape index (κ3) is 3.54. The monoisotopic (exact) mass is 477 g/mol. The summed E-state index contributed by atoms with van der Waals surface area (Å²) in [5, 5.41) is 16.4. The van der Waals surface area contributed by atoms with Crippen molar-refractivity contribution < 1.29 is 9.90 Å². The normalized spacial score (nSPS) is 45.1. The summed E-state index contributed by atoms with van der Waals surface area (Å²) in [5.74, 6) is 3.78. The number of carbonyl (C=O) groups excluding carboxylic acids is 1. The zero-order valence-corrected chi connectivity index (χ0v) is 22.0. The number of aliphatic hydroxyl groups is 1. The van der Waals surface area contributed by atoms with Gasteiger partial charge in [0.05, 0.1) is 23.5 Å². The zero-order valence-electron chi connectivity index (χ0n) is 22.0. The number of fused-ring (bicyclic) bond motifs is 6. The Morgan fingerprint density at radius 2 is 1.91 bits per heavy atom. The molecule has 0 aliphatic heterocycles. The van der Waals surface area contributed by atoms with Gasteiger partial charge in [0.1, 0.15) is 6.54 Å². The Labute approximate surface area is 210 Å². The molecule has 2 aromatic rings. The minimum absolute atomic E-state index is 0.101. The topological polar surface area (TPSA) is 68.0 Å². The quantitative estimate of drug-likeness (QED) is 0.582. The van der Waals surface area contributed by atoms with Crippen molar-refractivity contribution >= 4 is 16.7 Å². The lowest BCUT2D eigenvalue weighted by Crippen LogP contribution is -2.55. The Hall–Kier alpha value is -1.75. The largest absolute Gasteiger partial charge is 0.390 e. The molecule has 1 N–H and O–H groups in total. The van der Waals surface area contributed by atoms with Crippen LogP contribution in [0.1, 0.15) is 85.5 Å². The second kappa shape index (κ2) is 8.13. The zero-order chi connectivity index (χ0) is 24.6. The first-order valence-corrected chi connectivity index (χ1v) is 14.2. The molecule has 5 heteroatoms. The predicted molar refractivity (Wildman–Crippen MR) is 138 cm³/mol. The maximum absolute atomic E-state index is 14.0. The molecule has 2 aromatic heterocycles. The van der Waals surface area contributed by atoms with Crippen LogP contribution in [0.3, 0.4) is 0 Å². The molecule has 0 spiro atoms. The molecule has 0 amide bonds. The first-order chi connectivity index (χ1) is 16.7. The van der Waals surface area contributed by atoms with E-state index in [-0.39, 0.29) is 11.3 Å². The molecule has 0 saturated heterocycles. The summed E-state index contributed by atoms with van der Waals surface area (Å²) in [6.07, 6.45) is 15.8.